The molecule has 1 saturated heterocycles. The minimum atomic E-state index is -0.426. The van der Waals surface area contributed by atoms with Crippen molar-refractivity contribution >= 4 is 35.4 Å². The molecule has 1 aliphatic heterocycles. The zero-order chi connectivity index (χ0) is 26.2. The summed E-state index contributed by atoms with van der Waals surface area (Å²) in [5.41, 5.74) is 5.41. The second kappa shape index (κ2) is 11.8. The highest BCUT2D eigenvalue weighted by atomic mass is 16.6. The van der Waals surface area contributed by atoms with E-state index in [0.29, 0.717) is 23.6 Å². The van der Waals surface area contributed by atoms with Gasteiger partial charge in [-0.2, -0.15) is 20.1 Å². The number of nitro benzene ring substituents is 1. The number of hydrogen-bond donors (Lipinski definition) is 2. The summed E-state index contributed by atoms with van der Waals surface area (Å²) < 4.78 is 5.95. The van der Waals surface area contributed by atoms with Gasteiger partial charge >= 0.3 is 0 Å². The third kappa shape index (κ3) is 6.38. The number of anilines is 4. The van der Waals surface area contributed by atoms with Gasteiger partial charge in [-0.1, -0.05) is 30.3 Å². The van der Waals surface area contributed by atoms with Crippen molar-refractivity contribution in [3.8, 4) is 5.75 Å². The van der Waals surface area contributed by atoms with Crippen molar-refractivity contribution in [2.45, 2.75) is 19.4 Å². The Bertz CT molecular complexity index is 1410. The highest BCUT2D eigenvalue weighted by Crippen LogP contribution is 2.22. The predicted octanol–water partition coefficient (Wildman–Crippen LogP) is 5.15. The Balaban J connectivity index is 1.29. The topological polar surface area (TPSA) is 131 Å². The van der Waals surface area contributed by atoms with E-state index >= 15 is 0 Å². The van der Waals surface area contributed by atoms with Crippen LogP contribution < -0.4 is 20.4 Å². The molecular weight excluding hydrogens is 484 g/mol. The molecule has 1 aromatic heterocycles. The molecule has 0 atom stereocenters. The van der Waals surface area contributed by atoms with Crippen molar-refractivity contribution in [2.75, 3.05) is 28.7 Å². The van der Waals surface area contributed by atoms with Gasteiger partial charge in [0, 0.05) is 36.5 Å². The molecule has 192 valence electrons. The molecule has 11 nitrogen and oxygen atoms in total. The second-order valence-electron chi connectivity index (χ2n) is 8.59. The fraction of sp³-hybridized carbons (Fsp3) is 0.185. The van der Waals surface area contributed by atoms with E-state index < -0.39 is 4.92 Å². The van der Waals surface area contributed by atoms with Crippen LogP contribution in [0.5, 0.6) is 5.75 Å². The highest BCUT2D eigenvalue weighted by molar-refractivity contribution is 5.83. The minimum Gasteiger partial charge on any atom is -0.488 e. The molecule has 0 aliphatic carbocycles. The zero-order valence-electron chi connectivity index (χ0n) is 20.5. The molecule has 2 N–H and O–H groups in total. The van der Waals surface area contributed by atoms with E-state index in [2.05, 4.69) is 35.7 Å². The number of aromatic nitrogens is 3. The summed E-state index contributed by atoms with van der Waals surface area (Å²) >= 11 is 0. The maximum atomic E-state index is 10.9. The number of ether oxygens (including phenoxy) is 1. The average molecular weight is 511 g/mol. The van der Waals surface area contributed by atoms with Crippen LogP contribution in [0.15, 0.2) is 84.0 Å². The molecule has 38 heavy (non-hydrogen) atoms. The lowest BCUT2D eigenvalue weighted by Crippen LogP contribution is -2.21. The summed E-state index contributed by atoms with van der Waals surface area (Å²) in [5.74, 6) is 1.97. The lowest BCUT2D eigenvalue weighted by atomic mass is 10.2. The van der Waals surface area contributed by atoms with Gasteiger partial charge in [0.15, 0.2) is 0 Å². The minimum absolute atomic E-state index is 0.0423. The lowest BCUT2D eigenvalue weighted by molar-refractivity contribution is -0.384. The van der Waals surface area contributed by atoms with Gasteiger partial charge in [-0.15, -0.1) is 0 Å². The highest BCUT2D eigenvalue weighted by Gasteiger charge is 2.17. The SMILES string of the molecule is O=[N+]([O-])c1ccc(COc2ccccc2/C=N\Nc2nc(Nc3ccccc3)nc(N3CCCC3)n2)cc1. The first-order valence-corrected chi connectivity index (χ1v) is 12.2. The van der Waals surface area contributed by atoms with Crippen LogP contribution in [0.4, 0.5) is 29.2 Å². The first-order chi connectivity index (χ1) is 18.6. The predicted molar refractivity (Wildman–Crippen MR) is 146 cm³/mol. The van der Waals surface area contributed by atoms with E-state index in [1.165, 1.54) is 12.1 Å². The summed E-state index contributed by atoms with van der Waals surface area (Å²) in [7, 11) is 0. The van der Waals surface area contributed by atoms with Gasteiger partial charge in [-0.05, 0) is 54.8 Å². The van der Waals surface area contributed by atoms with Crippen molar-refractivity contribution in [3.05, 3.63) is 100 Å². The Morgan fingerprint density at radius 2 is 1.63 bits per heavy atom. The van der Waals surface area contributed by atoms with Crippen molar-refractivity contribution < 1.29 is 9.66 Å². The molecule has 5 rings (SSSR count). The zero-order valence-corrected chi connectivity index (χ0v) is 20.5. The van der Waals surface area contributed by atoms with Gasteiger partial charge in [0.25, 0.3) is 5.69 Å². The largest absolute Gasteiger partial charge is 0.488 e. The van der Waals surface area contributed by atoms with Crippen molar-refractivity contribution in [3.63, 3.8) is 0 Å². The average Bonchev–Trinajstić information content (AvgIpc) is 3.49. The van der Waals surface area contributed by atoms with Crippen LogP contribution in [0.25, 0.3) is 0 Å². The van der Waals surface area contributed by atoms with E-state index in [9.17, 15) is 10.1 Å². The third-order valence-corrected chi connectivity index (χ3v) is 5.87. The van der Waals surface area contributed by atoms with Gasteiger partial charge in [0.2, 0.25) is 17.8 Å². The van der Waals surface area contributed by atoms with E-state index in [1.54, 1.807) is 18.3 Å². The number of non-ortho nitro benzene ring substituents is 1. The van der Waals surface area contributed by atoms with Gasteiger partial charge < -0.3 is 15.0 Å². The molecule has 0 bridgehead atoms. The van der Waals surface area contributed by atoms with Gasteiger partial charge in [0.1, 0.15) is 12.4 Å². The number of rotatable bonds is 10. The number of nitro groups is 1. The summed E-state index contributed by atoms with van der Waals surface area (Å²) in [4.78, 5) is 26.2. The van der Waals surface area contributed by atoms with Crippen LogP contribution >= 0.6 is 0 Å². The third-order valence-electron chi connectivity index (χ3n) is 5.87. The Labute approximate surface area is 219 Å². The standard InChI is InChI=1S/C27H26N8O3/c36-35(37)23-14-12-20(13-15-23)19-38-24-11-5-4-8-21(24)18-28-33-26-30-25(29-22-9-2-1-3-10-22)31-27(32-26)34-16-6-7-17-34/h1-5,8-15,18H,6-7,16-17,19H2,(H2,29,30,31,32,33)/b28-18-. The normalized spacial score (nSPS) is 13.0. The van der Waals surface area contributed by atoms with Crippen molar-refractivity contribution in [2.24, 2.45) is 5.10 Å². The molecule has 0 spiro atoms. The van der Waals surface area contributed by atoms with Crippen molar-refractivity contribution in [1.29, 1.82) is 0 Å². The fourth-order valence-corrected chi connectivity index (χ4v) is 3.93. The molecule has 0 amide bonds. The number of nitrogens with zero attached hydrogens (tertiary/aromatic N) is 6. The van der Waals surface area contributed by atoms with Crippen LogP contribution in [-0.2, 0) is 6.61 Å². The number of benzene rings is 3. The van der Waals surface area contributed by atoms with E-state index in [0.717, 1.165) is 42.7 Å². The Morgan fingerprint density at radius 1 is 0.921 bits per heavy atom. The maximum Gasteiger partial charge on any atom is 0.269 e. The molecular formula is C27H26N8O3. The summed E-state index contributed by atoms with van der Waals surface area (Å²) in [6.07, 6.45) is 3.84. The van der Waals surface area contributed by atoms with Crippen LogP contribution in [0, 0.1) is 10.1 Å². The molecule has 2 heterocycles. The monoisotopic (exact) mass is 510 g/mol. The first-order valence-electron chi connectivity index (χ1n) is 12.2. The van der Waals surface area contributed by atoms with Gasteiger partial charge in [-0.3, -0.25) is 10.1 Å². The summed E-state index contributed by atoms with van der Waals surface area (Å²) in [5, 5.41) is 18.4. The Morgan fingerprint density at radius 3 is 2.39 bits per heavy atom. The summed E-state index contributed by atoms with van der Waals surface area (Å²) in [6.45, 7) is 2.06. The first kappa shape index (κ1) is 24.6. The molecule has 0 unspecified atom stereocenters. The number of hydrazone groups is 1. The maximum absolute atomic E-state index is 10.9. The van der Waals surface area contributed by atoms with E-state index in [-0.39, 0.29) is 12.3 Å². The van der Waals surface area contributed by atoms with Crippen molar-refractivity contribution in [1.82, 2.24) is 15.0 Å². The quantitative estimate of drug-likeness (QED) is 0.169. The smallest absolute Gasteiger partial charge is 0.269 e. The van der Waals surface area contributed by atoms with Crippen LogP contribution in [0.3, 0.4) is 0 Å². The number of hydrogen-bond acceptors (Lipinski definition) is 10. The number of nitrogens with one attached hydrogen (secondary N) is 2. The molecule has 0 saturated carbocycles. The second-order valence-corrected chi connectivity index (χ2v) is 8.59. The van der Waals surface area contributed by atoms with Crippen LogP contribution in [-0.4, -0.2) is 39.2 Å². The fourth-order valence-electron chi connectivity index (χ4n) is 3.93. The molecule has 11 heteroatoms. The van der Waals surface area contributed by atoms with E-state index in [1.807, 2.05) is 54.6 Å². The van der Waals surface area contributed by atoms with E-state index in [4.69, 9.17) is 4.74 Å². The molecule has 4 aromatic rings. The van der Waals surface area contributed by atoms with Crippen LogP contribution in [0.2, 0.25) is 0 Å². The van der Waals surface area contributed by atoms with Crippen LogP contribution in [0.1, 0.15) is 24.0 Å². The Hall–Kier alpha value is -5.06. The molecule has 3 aromatic carbocycles. The lowest BCUT2D eigenvalue weighted by Gasteiger charge is -2.16. The van der Waals surface area contributed by atoms with Gasteiger partial charge in [-0.25, -0.2) is 5.43 Å². The molecule has 1 fully saturated rings. The van der Waals surface area contributed by atoms with Gasteiger partial charge in [0.05, 0.1) is 11.1 Å². The number of para-hydroxylation sites is 2. The Kier molecular flexibility index (Phi) is 7.64. The molecule has 0 radical (unpaired) electrons. The molecule has 1 aliphatic rings. The summed E-state index contributed by atoms with van der Waals surface area (Å²) in [6, 6.07) is 23.5.